The lowest BCUT2D eigenvalue weighted by Gasteiger charge is -2.45. The number of aliphatic hydroxyl groups is 1. The van der Waals surface area contributed by atoms with E-state index >= 15 is 0 Å². The van der Waals surface area contributed by atoms with Gasteiger partial charge in [0.05, 0.1) is 12.0 Å². The molecule has 224 valence electrons. The number of piperidine rings is 1. The van der Waals surface area contributed by atoms with Crippen LogP contribution in [0, 0.1) is 46.8 Å². The van der Waals surface area contributed by atoms with E-state index in [4.69, 9.17) is 0 Å². The minimum Gasteiger partial charge on any atom is -0.373 e. The van der Waals surface area contributed by atoms with Crippen LogP contribution in [0.1, 0.15) is 57.8 Å². The molecule has 0 aromatic heterocycles. The van der Waals surface area contributed by atoms with Gasteiger partial charge in [-0.1, -0.05) is 0 Å². The molecule has 4 rings (SSSR count). The van der Waals surface area contributed by atoms with Crippen molar-refractivity contribution in [3.8, 4) is 6.07 Å². The van der Waals surface area contributed by atoms with Crippen molar-refractivity contribution < 1.29 is 31.4 Å². The highest BCUT2D eigenvalue weighted by molar-refractivity contribution is 5.02. The van der Waals surface area contributed by atoms with Crippen LogP contribution < -0.4 is 0 Å². The molecule has 0 spiro atoms. The van der Waals surface area contributed by atoms with E-state index in [9.17, 15) is 36.7 Å². The third-order valence-corrected chi connectivity index (χ3v) is 10.4. The normalized spacial score (nSPS) is 33.7. The zero-order chi connectivity index (χ0) is 28.4. The summed E-state index contributed by atoms with van der Waals surface area (Å²) in [5.41, 5.74) is -4.66. The van der Waals surface area contributed by atoms with Gasteiger partial charge in [-0.2, -0.15) is 31.6 Å². The third-order valence-electron chi connectivity index (χ3n) is 10.4. The molecule has 2 saturated heterocycles. The average molecular weight is 567 g/mol. The van der Waals surface area contributed by atoms with E-state index in [2.05, 4.69) is 27.8 Å². The molecule has 0 aromatic rings. The molecule has 2 aliphatic heterocycles. The molecule has 2 saturated carbocycles. The minimum absolute atomic E-state index is 0.00638. The number of nitrogens with zero attached hydrogens (tertiary/aromatic N) is 4. The minimum atomic E-state index is -5.76. The Morgan fingerprint density at radius 3 is 1.74 bits per heavy atom. The molecule has 2 aliphatic carbocycles. The Balaban J connectivity index is 1.22. The quantitative estimate of drug-likeness (QED) is 0.450. The lowest BCUT2D eigenvalue weighted by atomic mass is 9.64. The number of alkyl halides is 6. The van der Waals surface area contributed by atoms with Crippen molar-refractivity contribution in [2.24, 2.45) is 35.5 Å². The van der Waals surface area contributed by atoms with Crippen LogP contribution in [0.15, 0.2) is 0 Å². The van der Waals surface area contributed by atoms with E-state index in [-0.39, 0.29) is 49.4 Å². The molecule has 3 unspecified atom stereocenters. The van der Waals surface area contributed by atoms with Gasteiger partial charge in [0, 0.05) is 45.2 Å². The zero-order valence-electron chi connectivity index (χ0n) is 23.0. The summed E-state index contributed by atoms with van der Waals surface area (Å²) in [6.07, 6.45) is -6.76. The second kappa shape index (κ2) is 12.4. The highest BCUT2D eigenvalue weighted by Gasteiger charge is 2.73. The summed E-state index contributed by atoms with van der Waals surface area (Å²) in [5.74, 6) is -0.841. The number of hydrogen-bond acceptors (Lipinski definition) is 5. The van der Waals surface area contributed by atoms with Crippen LogP contribution in [0.25, 0.3) is 0 Å². The highest BCUT2D eigenvalue weighted by Crippen LogP contribution is 2.53. The fourth-order valence-corrected chi connectivity index (χ4v) is 7.80. The lowest BCUT2D eigenvalue weighted by Crippen LogP contribution is -2.62. The van der Waals surface area contributed by atoms with E-state index in [1.807, 2.05) is 0 Å². The summed E-state index contributed by atoms with van der Waals surface area (Å²) in [7, 11) is 2.18. The Labute approximate surface area is 228 Å². The molecule has 4 aliphatic rings. The largest absolute Gasteiger partial charge is 0.426 e. The summed E-state index contributed by atoms with van der Waals surface area (Å²) in [6, 6.07) is 2.47. The first-order chi connectivity index (χ1) is 18.3. The molecule has 0 amide bonds. The van der Waals surface area contributed by atoms with Crippen molar-refractivity contribution >= 4 is 0 Å². The molecule has 2 heterocycles. The fourth-order valence-electron chi connectivity index (χ4n) is 7.80. The number of piperazine rings is 1. The Bertz CT molecular complexity index is 807. The van der Waals surface area contributed by atoms with Crippen LogP contribution in [0.5, 0.6) is 0 Å². The summed E-state index contributed by atoms with van der Waals surface area (Å²) in [4.78, 5) is 7.42. The summed E-state index contributed by atoms with van der Waals surface area (Å²) in [6.45, 7) is 8.48. The smallest absolute Gasteiger partial charge is 0.373 e. The van der Waals surface area contributed by atoms with Crippen LogP contribution in [0.4, 0.5) is 26.3 Å². The van der Waals surface area contributed by atoms with E-state index in [1.165, 1.54) is 32.5 Å². The Morgan fingerprint density at radius 1 is 0.718 bits per heavy atom. The highest BCUT2D eigenvalue weighted by atomic mass is 19.4. The van der Waals surface area contributed by atoms with Gasteiger partial charge < -0.3 is 19.8 Å². The van der Waals surface area contributed by atoms with E-state index in [0.717, 1.165) is 51.5 Å². The first-order valence-corrected chi connectivity index (χ1v) is 14.7. The van der Waals surface area contributed by atoms with Crippen molar-refractivity contribution in [1.82, 2.24) is 14.7 Å². The number of nitriles is 1. The fraction of sp³-hybridized carbons (Fsp3) is 0.964. The van der Waals surface area contributed by atoms with E-state index < -0.39 is 23.9 Å². The van der Waals surface area contributed by atoms with E-state index in [0.29, 0.717) is 6.42 Å². The van der Waals surface area contributed by atoms with Crippen molar-refractivity contribution in [2.45, 2.75) is 75.7 Å². The van der Waals surface area contributed by atoms with Gasteiger partial charge in [-0.15, -0.1) is 0 Å². The summed E-state index contributed by atoms with van der Waals surface area (Å²) >= 11 is 0. The van der Waals surface area contributed by atoms with Crippen molar-refractivity contribution in [3.05, 3.63) is 0 Å². The van der Waals surface area contributed by atoms with Crippen molar-refractivity contribution in [1.29, 1.82) is 5.26 Å². The van der Waals surface area contributed by atoms with Gasteiger partial charge in [-0.25, -0.2) is 0 Å². The van der Waals surface area contributed by atoms with Crippen LogP contribution in [-0.2, 0) is 0 Å². The molecule has 1 N–H and O–H groups in total. The van der Waals surface area contributed by atoms with Gasteiger partial charge in [0.15, 0.2) is 0 Å². The maximum Gasteiger partial charge on any atom is 0.426 e. The molecular formula is C28H44F6N4O. The van der Waals surface area contributed by atoms with Crippen LogP contribution in [0.3, 0.4) is 0 Å². The molecule has 0 radical (unpaired) electrons. The maximum atomic E-state index is 13.3. The topological polar surface area (TPSA) is 53.7 Å². The Kier molecular flexibility index (Phi) is 9.83. The molecule has 0 aromatic carbocycles. The monoisotopic (exact) mass is 566 g/mol. The lowest BCUT2D eigenvalue weighted by molar-refractivity contribution is -0.387. The number of rotatable bonds is 6. The molecule has 11 heteroatoms. The third kappa shape index (κ3) is 7.04. The van der Waals surface area contributed by atoms with Gasteiger partial charge >= 0.3 is 12.4 Å². The zero-order valence-corrected chi connectivity index (χ0v) is 23.0. The number of halogens is 6. The van der Waals surface area contributed by atoms with Gasteiger partial charge in [0.2, 0.25) is 0 Å². The van der Waals surface area contributed by atoms with Gasteiger partial charge in [-0.3, -0.25) is 0 Å². The molecule has 5 nitrogen and oxygen atoms in total. The summed E-state index contributed by atoms with van der Waals surface area (Å²) < 4.78 is 79.8. The molecule has 3 atom stereocenters. The van der Waals surface area contributed by atoms with E-state index in [1.54, 1.807) is 0 Å². The predicted molar refractivity (Wildman–Crippen MR) is 136 cm³/mol. The first kappa shape index (κ1) is 30.9. The molecular weight excluding hydrogens is 522 g/mol. The molecule has 39 heavy (non-hydrogen) atoms. The van der Waals surface area contributed by atoms with Crippen LogP contribution in [0.2, 0.25) is 0 Å². The number of likely N-dealkylation sites (tertiary alicyclic amines) is 1. The second-order valence-corrected chi connectivity index (χ2v) is 12.8. The van der Waals surface area contributed by atoms with Gasteiger partial charge in [0.25, 0.3) is 5.60 Å². The van der Waals surface area contributed by atoms with Crippen molar-refractivity contribution in [2.75, 3.05) is 59.4 Å². The van der Waals surface area contributed by atoms with Crippen LogP contribution >= 0.6 is 0 Å². The van der Waals surface area contributed by atoms with Gasteiger partial charge in [-0.05, 0) is 102 Å². The Hall–Kier alpha value is -1.09. The average Bonchev–Trinajstić information content (AvgIpc) is 2.89. The standard InChI is InChI=1S/C28H44F6N4O/c1-36-10-8-20(9-11-36)18-37-12-14-38(15-13-37)19-23-3-2-22(16-24(23)17-35)21-4-6-25(7-5-21)26(39,27(29,30)31)28(32,33)34/h20-25,39H,2-16,18-19H2,1H3. The maximum absolute atomic E-state index is 13.3. The first-order valence-electron chi connectivity index (χ1n) is 14.7. The van der Waals surface area contributed by atoms with Gasteiger partial charge in [0.1, 0.15) is 0 Å². The number of hydrogen-bond donors (Lipinski definition) is 1. The van der Waals surface area contributed by atoms with Crippen molar-refractivity contribution in [3.63, 3.8) is 0 Å². The molecule has 4 fully saturated rings. The predicted octanol–water partition coefficient (Wildman–Crippen LogP) is 5.16. The summed E-state index contributed by atoms with van der Waals surface area (Å²) in [5, 5.41) is 19.7. The SMILES string of the molecule is CN1CCC(CN2CCN(CC3CCC(C4CCC(C(O)(C(F)(F)F)C(F)(F)F)CC4)CC3C#N)CC2)CC1. The molecule has 0 bridgehead atoms. The van der Waals surface area contributed by atoms with Crippen LogP contribution in [-0.4, -0.2) is 97.2 Å². The Morgan fingerprint density at radius 2 is 1.23 bits per heavy atom. The second-order valence-electron chi connectivity index (χ2n) is 12.8.